The van der Waals surface area contributed by atoms with E-state index in [1.165, 1.54) is 19.3 Å². The minimum Gasteiger partial charge on any atom is -0.294 e. The number of hydrogen-bond donors (Lipinski definition) is 0. The van der Waals surface area contributed by atoms with Crippen molar-refractivity contribution in [1.29, 1.82) is 5.26 Å². The molecule has 0 radical (unpaired) electrons. The van der Waals surface area contributed by atoms with Gasteiger partial charge >= 0.3 is 6.18 Å². The maximum Gasteiger partial charge on any atom is 0.401 e. The van der Waals surface area contributed by atoms with Crippen LogP contribution in [0.1, 0.15) is 11.3 Å². The molecular weight excluding hydrogens is 219 g/mol. The fraction of sp³-hybridized carbons (Fsp3) is 0.400. The molecule has 0 aromatic carbocycles. The monoisotopic (exact) mass is 229 g/mol. The Morgan fingerprint density at radius 3 is 2.75 bits per heavy atom. The molecule has 0 unspecified atom stereocenters. The van der Waals surface area contributed by atoms with E-state index in [1.807, 2.05) is 6.07 Å². The molecule has 0 saturated heterocycles. The fourth-order valence-corrected chi connectivity index (χ4v) is 1.31. The topological polar surface area (TPSA) is 39.9 Å². The first kappa shape index (κ1) is 12.5. The summed E-state index contributed by atoms with van der Waals surface area (Å²) in [4.78, 5) is 4.87. The van der Waals surface area contributed by atoms with Gasteiger partial charge in [0.05, 0.1) is 6.54 Å². The molecule has 0 aliphatic rings. The van der Waals surface area contributed by atoms with Gasteiger partial charge < -0.3 is 0 Å². The third kappa shape index (κ3) is 4.28. The van der Waals surface area contributed by atoms with Gasteiger partial charge in [-0.1, -0.05) is 0 Å². The first-order valence-corrected chi connectivity index (χ1v) is 4.51. The third-order valence-corrected chi connectivity index (χ3v) is 1.84. The number of nitriles is 1. The molecule has 1 rings (SSSR count). The average Bonchev–Trinajstić information content (AvgIpc) is 2.15. The molecule has 1 aromatic rings. The molecule has 86 valence electrons. The zero-order valence-electron chi connectivity index (χ0n) is 8.62. The second-order valence-corrected chi connectivity index (χ2v) is 3.45. The van der Waals surface area contributed by atoms with E-state index in [4.69, 9.17) is 5.26 Å². The van der Waals surface area contributed by atoms with Crippen LogP contribution in [0, 0.1) is 11.3 Å². The zero-order valence-corrected chi connectivity index (χ0v) is 8.62. The first-order valence-electron chi connectivity index (χ1n) is 4.51. The molecule has 0 fully saturated rings. The second-order valence-electron chi connectivity index (χ2n) is 3.45. The lowest BCUT2D eigenvalue weighted by Crippen LogP contribution is -2.30. The molecule has 0 spiro atoms. The fourth-order valence-electron chi connectivity index (χ4n) is 1.31. The van der Waals surface area contributed by atoms with Crippen LogP contribution >= 0.6 is 0 Å². The number of alkyl halides is 3. The Morgan fingerprint density at radius 2 is 2.19 bits per heavy atom. The van der Waals surface area contributed by atoms with Gasteiger partial charge in [-0.2, -0.15) is 18.4 Å². The standard InChI is InChI=1S/C10H10F3N3/c1-16(7-10(11,12)13)6-8-2-3-15-9(4-8)5-14/h2-4H,6-7H2,1H3. The Morgan fingerprint density at radius 1 is 1.50 bits per heavy atom. The van der Waals surface area contributed by atoms with Crippen LogP contribution in [0.4, 0.5) is 13.2 Å². The molecule has 0 bridgehead atoms. The number of nitrogens with zero attached hydrogens (tertiary/aromatic N) is 3. The quantitative estimate of drug-likeness (QED) is 0.795. The van der Waals surface area contributed by atoms with Crippen LogP contribution in [0.2, 0.25) is 0 Å². The predicted molar refractivity (Wildman–Crippen MR) is 51.3 cm³/mol. The average molecular weight is 229 g/mol. The third-order valence-electron chi connectivity index (χ3n) is 1.84. The van der Waals surface area contributed by atoms with Crippen molar-refractivity contribution in [3.63, 3.8) is 0 Å². The Hall–Kier alpha value is -1.61. The first-order chi connectivity index (χ1) is 7.40. The van der Waals surface area contributed by atoms with Gasteiger partial charge in [0, 0.05) is 12.7 Å². The summed E-state index contributed by atoms with van der Waals surface area (Å²) in [7, 11) is 1.37. The second kappa shape index (κ2) is 4.94. The number of hydrogen-bond acceptors (Lipinski definition) is 3. The van der Waals surface area contributed by atoms with E-state index in [1.54, 1.807) is 6.07 Å². The van der Waals surface area contributed by atoms with Gasteiger partial charge in [-0.05, 0) is 24.7 Å². The molecule has 3 nitrogen and oxygen atoms in total. The molecule has 0 aliphatic carbocycles. The Labute approximate surface area is 91.1 Å². The minimum atomic E-state index is -4.21. The summed E-state index contributed by atoms with van der Waals surface area (Å²) in [5, 5.41) is 8.58. The van der Waals surface area contributed by atoms with E-state index in [0.717, 1.165) is 4.90 Å². The lowest BCUT2D eigenvalue weighted by Gasteiger charge is -2.18. The summed E-state index contributed by atoms with van der Waals surface area (Å²) in [6.45, 7) is -0.839. The van der Waals surface area contributed by atoms with Crippen LogP contribution < -0.4 is 0 Å². The normalized spacial score (nSPS) is 11.5. The van der Waals surface area contributed by atoms with E-state index in [0.29, 0.717) is 5.56 Å². The number of aromatic nitrogens is 1. The van der Waals surface area contributed by atoms with Gasteiger partial charge in [-0.15, -0.1) is 0 Å². The van der Waals surface area contributed by atoms with Gasteiger partial charge in [0.15, 0.2) is 0 Å². The smallest absolute Gasteiger partial charge is 0.294 e. The van der Waals surface area contributed by atoms with E-state index in [2.05, 4.69) is 4.98 Å². The summed E-state index contributed by atoms with van der Waals surface area (Å²) in [5.74, 6) is 0. The van der Waals surface area contributed by atoms with Crippen LogP contribution in [0.3, 0.4) is 0 Å². The molecule has 16 heavy (non-hydrogen) atoms. The summed E-state index contributed by atoms with van der Waals surface area (Å²) >= 11 is 0. The molecule has 0 N–H and O–H groups in total. The minimum absolute atomic E-state index is 0.136. The van der Waals surface area contributed by atoms with Crippen molar-refractivity contribution in [3.05, 3.63) is 29.6 Å². The van der Waals surface area contributed by atoms with Crippen LogP contribution in [0.15, 0.2) is 18.3 Å². The predicted octanol–water partition coefficient (Wildman–Crippen LogP) is 1.95. The summed E-state index contributed by atoms with van der Waals surface area (Å²) in [6, 6.07) is 4.91. The van der Waals surface area contributed by atoms with Crippen molar-refractivity contribution in [1.82, 2.24) is 9.88 Å². The van der Waals surface area contributed by atoms with Gasteiger partial charge in [-0.3, -0.25) is 4.90 Å². The Balaban J connectivity index is 2.63. The van der Waals surface area contributed by atoms with Crippen LogP contribution in [0.5, 0.6) is 0 Å². The van der Waals surface area contributed by atoms with Crippen molar-refractivity contribution in [2.24, 2.45) is 0 Å². The van der Waals surface area contributed by atoms with E-state index in [9.17, 15) is 13.2 Å². The molecule has 0 amide bonds. The van der Waals surface area contributed by atoms with E-state index in [-0.39, 0.29) is 12.2 Å². The van der Waals surface area contributed by atoms with Crippen molar-refractivity contribution < 1.29 is 13.2 Å². The highest BCUT2D eigenvalue weighted by molar-refractivity contribution is 5.25. The van der Waals surface area contributed by atoms with Crippen LogP contribution in [-0.4, -0.2) is 29.7 Å². The van der Waals surface area contributed by atoms with Crippen LogP contribution in [-0.2, 0) is 6.54 Å². The largest absolute Gasteiger partial charge is 0.401 e. The number of pyridine rings is 1. The molecule has 6 heteroatoms. The Bertz CT molecular complexity index is 395. The molecular formula is C10H10F3N3. The number of halogens is 3. The van der Waals surface area contributed by atoms with Gasteiger partial charge in [0.1, 0.15) is 11.8 Å². The maximum atomic E-state index is 12.0. The molecule has 1 heterocycles. The van der Waals surface area contributed by atoms with Gasteiger partial charge in [0.25, 0.3) is 0 Å². The lowest BCUT2D eigenvalue weighted by atomic mass is 10.2. The summed E-state index contributed by atoms with van der Waals surface area (Å²) < 4.78 is 36.1. The van der Waals surface area contributed by atoms with E-state index >= 15 is 0 Å². The zero-order chi connectivity index (χ0) is 12.2. The molecule has 1 aromatic heterocycles. The highest BCUT2D eigenvalue weighted by Crippen LogP contribution is 2.16. The van der Waals surface area contributed by atoms with Gasteiger partial charge in [-0.25, -0.2) is 4.98 Å². The summed E-state index contributed by atoms with van der Waals surface area (Å²) in [5.41, 5.74) is 0.844. The van der Waals surface area contributed by atoms with Crippen molar-refractivity contribution >= 4 is 0 Å². The molecule has 0 saturated carbocycles. The van der Waals surface area contributed by atoms with Crippen LogP contribution in [0.25, 0.3) is 0 Å². The maximum absolute atomic E-state index is 12.0. The molecule has 0 aliphatic heterocycles. The van der Waals surface area contributed by atoms with Crippen molar-refractivity contribution in [2.75, 3.05) is 13.6 Å². The van der Waals surface area contributed by atoms with Gasteiger partial charge in [0.2, 0.25) is 0 Å². The number of rotatable bonds is 3. The highest BCUT2D eigenvalue weighted by Gasteiger charge is 2.28. The lowest BCUT2D eigenvalue weighted by molar-refractivity contribution is -0.144. The van der Waals surface area contributed by atoms with E-state index < -0.39 is 12.7 Å². The van der Waals surface area contributed by atoms with Crippen molar-refractivity contribution in [3.8, 4) is 6.07 Å². The SMILES string of the molecule is CN(Cc1ccnc(C#N)c1)CC(F)(F)F. The summed E-state index contributed by atoms with van der Waals surface area (Å²) in [6.07, 6.45) is -2.80. The highest BCUT2D eigenvalue weighted by atomic mass is 19.4. The Kier molecular flexibility index (Phi) is 3.85. The molecule has 0 atom stereocenters. The van der Waals surface area contributed by atoms with Crippen molar-refractivity contribution in [2.45, 2.75) is 12.7 Å².